The van der Waals surface area contributed by atoms with Crippen molar-refractivity contribution in [3.63, 3.8) is 0 Å². The molecule has 1 atom stereocenters. The van der Waals surface area contributed by atoms with Gasteiger partial charge in [-0.05, 0) is 25.3 Å². The Morgan fingerprint density at radius 2 is 2.30 bits per heavy atom. The second kappa shape index (κ2) is 6.93. The molecule has 7 nitrogen and oxygen atoms in total. The molecule has 1 saturated heterocycles. The minimum atomic E-state index is 0.104. The molecule has 23 heavy (non-hydrogen) atoms. The van der Waals surface area contributed by atoms with Gasteiger partial charge in [0, 0.05) is 31.5 Å². The van der Waals surface area contributed by atoms with E-state index in [9.17, 15) is 4.79 Å². The van der Waals surface area contributed by atoms with E-state index < -0.39 is 0 Å². The second-order valence-corrected chi connectivity index (χ2v) is 6.30. The molecule has 1 N–H and O–H groups in total. The number of amides is 1. The molecule has 0 bridgehead atoms. The van der Waals surface area contributed by atoms with E-state index in [4.69, 9.17) is 4.42 Å². The highest BCUT2D eigenvalue weighted by molar-refractivity contribution is 5.77. The van der Waals surface area contributed by atoms with Gasteiger partial charge in [-0.25, -0.2) is 0 Å². The van der Waals surface area contributed by atoms with Crippen LogP contribution in [0.25, 0.3) is 0 Å². The zero-order valence-electron chi connectivity index (χ0n) is 13.7. The van der Waals surface area contributed by atoms with E-state index >= 15 is 0 Å². The van der Waals surface area contributed by atoms with Gasteiger partial charge in [-0.1, -0.05) is 13.8 Å². The number of nitrogens with zero attached hydrogens (tertiary/aromatic N) is 4. The Morgan fingerprint density at radius 1 is 1.43 bits per heavy atom. The Balaban J connectivity index is 1.61. The van der Waals surface area contributed by atoms with Gasteiger partial charge in [0.15, 0.2) is 0 Å². The lowest BCUT2D eigenvalue weighted by Crippen LogP contribution is -2.38. The maximum absolute atomic E-state index is 12.6. The molecule has 0 aromatic carbocycles. The SMILES string of the molecule is CC(C)c1nnc(CCC(=O)N2CCCC[C@@H]2c2ccn[nH]2)o1. The van der Waals surface area contributed by atoms with Crippen LogP contribution >= 0.6 is 0 Å². The molecule has 1 fully saturated rings. The monoisotopic (exact) mass is 317 g/mol. The minimum absolute atomic E-state index is 0.104. The number of rotatable bonds is 5. The van der Waals surface area contributed by atoms with Gasteiger partial charge in [0.05, 0.1) is 11.7 Å². The van der Waals surface area contributed by atoms with E-state index in [1.54, 1.807) is 6.20 Å². The fourth-order valence-electron chi connectivity index (χ4n) is 2.96. The lowest BCUT2D eigenvalue weighted by atomic mass is 9.99. The smallest absolute Gasteiger partial charge is 0.223 e. The number of aromatic amines is 1. The topological polar surface area (TPSA) is 87.9 Å². The zero-order chi connectivity index (χ0) is 16.2. The molecule has 0 saturated carbocycles. The summed E-state index contributed by atoms with van der Waals surface area (Å²) in [7, 11) is 0. The number of likely N-dealkylation sites (tertiary alicyclic amines) is 1. The van der Waals surface area contributed by atoms with Crippen molar-refractivity contribution in [2.24, 2.45) is 0 Å². The van der Waals surface area contributed by atoms with Gasteiger partial charge in [0.25, 0.3) is 0 Å². The molecule has 124 valence electrons. The predicted molar refractivity (Wildman–Crippen MR) is 83.6 cm³/mol. The first kappa shape index (κ1) is 15.7. The summed E-state index contributed by atoms with van der Waals surface area (Å²) in [6.07, 6.45) is 5.78. The van der Waals surface area contributed by atoms with Gasteiger partial charge in [-0.3, -0.25) is 9.89 Å². The number of hydrogen-bond acceptors (Lipinski definition) is 5. The van der Waals surface area contributed by atoms with Gasteiger partial charge in [0.2, 0.25) is 17.7 Å². The Morgan fingerprint density at radius 3 is 3.00 bits per heavy atom. The first-order valence-corrected chi connectivity index (χ1v) is 8.26. The highest BCUT2D eigenvalue weighted by Crippen LogP contribution is 2.30. The van der Waals surface area contributed by atoms with Gasteiger partial charge in [-0.15, -0.1) is 10.2 Å². The van der Waals surface area contributed by atoms with Crippen molar-refractivity contribution in [1.29, 1.82) is 0 Å². The zero-order valence-corrected chi connectivity index (χ0v) is 13.7. The highest BCUT2D eigenvalue weighted by Gasteiger charge is 2.28. The number of aryl methyl sites for hydroxylation is 1. The van der Waals surface area contributed by atoms with Crippen LogP contribution in [-0.4, -0.2) is 37.7 Å². The molecular formula is C16H23N5O2. The first-order valence-electron chi connectivity index (χ1n) is 8.26. The van der Waals surface area contributed by atoms with Crippen molar-refractivity contribution in [1.82, 2.24) is 25.3 Å². The lowest BCUT2D eigenvalue weighted by Gasteiger charge is -2.35. The molecule has 2 aromatic rings. The van der Waals surface area contributed by atoms with Crippen LogP contribution in [0.1, 0.15) is 69.0 Å². The van der Waals surface area contributed by atoms with Gasteiger partial charge < -0.3 is 9.32 Å². The van der Waals surface area contributed by atoms with Crippen molar-refractivity contribution in [2.75, 3.05) is 6.54 Å². The molecule has 1 aliphatic heterocycles. The van der Waals surface area contributed by atoms with E-state index in [1.165, 1.54) is 0 Å². The third-order valence-electron chi connectivity index (χ3n) is 4.23. The van der Waals surface area contributed by atoms with E-state index in [0.29, 0.717) is 24.6 Å². The Kier molecular flexibility index (Phi) is 4.73. The summed E-state index contributed by atoms with van der Waals surface area (Å²) >= 11 is 0. The summed E-state index contributed by atoms with van der Waals surface area (Å²) < 4.78 is 5.57. The molecular weight excluding hydrogens is 294 g/mol. The summed E-state index contributed by atoms with van der Waals surface area (Å²) in [5, 5.41) is 15.0. The quantitative estimate of drug-likeness (QED) is 0.915. The fraction of sp³-hybridized carbons (Fsp3) is 0.625. The number of nitrogens with one attached hydrogen (secondary N) is 1. The molecule has 7 heteroatoms. The molecule has 0 spiro atoms. The Labute approximate surface area is 135 Å². The summed E-state index contributed by atoms with van der Waals surface area (Å²) in [6, 6.07) is 2.05. The normalized spacial score (nSPS) is 18.6. The summed E-state index contributed by atoms with van der Waals surface area (Å²) in [4.78, 5) is 14.6. The molecule has 0 radical (unpaired) electrons. The molecule has 1 aliphatic rings. The van der Waals surface area contributed by atoms with E-state index in [0.717, 1.165) is 31.5 Å². The second-order valence-electron chi connectivity index (χ2n) is 6.30. The van der Waals surface area contributed by atoms with Crippen LogP contribution < -0.4 is 0 Å². The third-order valence-corrected chi connectivity index (χ3v) is 4.23. The summed E-state index contributed by atoms with van der Waals surface area (Å²) in [5.74, 6) is 1.50. The minimum Gasteiger partial charge on any atom is -0.425 e. The summed E-state index contributed by atoms with van der Waals surface area (Å²) in [6.45, 7) is 4.81. The van der Waals surface area contributed by atoms with Crippen LogP contribution in [0.15, 0.2) is 16.7 Å². The van der Waals surface area contributed by atoms with Gasteiger partial charge in [0.1, 0.15) is 0 Å². The van der Waals surface area contributed by atoms with Crippen LogP contribution in [0, 0.1) is 0 Å². The van der Waals surface area contributed by atoms with Crippen molar-refractivity contribution < 1.29 is 9.21 Å². The van der Waals surface area contributed by atoms with E-state index in [2.05, 4.69) is 20.4 Å². The maximum Gasteiger partial charge on any atom is 0.223 e. The molecule has 3 rings (SSSR count). The van der Waals surface area contributed by atoms with Crippen LogP contribution in [0.2, 0.25) is 0 Å². The van der Waals surface area contributed by atoms with Crippen LogP contribution in [-0.2, 0) is 11.2 Å². The van der Waals surface area contributed by atoms with Crippen LogP contribution in [0.5, 0.6) is 0 Å². The molecule has 0 unspecified atom stereocenters. The van der Waals surface area contributed by atoms with Crippen LogP contribution in [0.3, 0.4) is 0 Å². The average Bonchev–Trinajstić information content (AvgIpc) is 3.24. The fourth-order valence-corrected chi connectivity index (χ4v) is 2.96. The van der Waals surface area contributed by atoms with E-state index in [1.807, 2.05) is 24.8 Å². The van der Waals surface area contributed by atoms with Crippen molar-refractivity contribution in [3.8, 4) is 0 Å². The highest BCUT2D eigenvalue weighted by atomic mass is 16.4. The van der Waals surface area contributed by atoms with Gasteiger partial charge in [-0.2, -0.15) is 5.10 Å². The molecule has 1 amide bonds. The summed E-state index contributed by atoms with van der Waals surface area (Å²) in [5.41, 5.74) is 1.01. The predicted octanol–water partition coefficient (Wildman–Crippen LogP) is 2.60. The largest absolute Gasteiger partial charge is 0.425 e. The third kappa shape index (κ3) is 3.60. The number of H-pyrrole nitrogens is 1. The number of piperidine rings is 1. The standard InChI is InChI=1S/C16H23N5O2/c1-11(2)16-20-19-14(23-16)6-7-15(22)21-10-4-3-5-13(21)12-8-9-17-18-12/h8-9,11,13H,3-7,10H2,1-2H3,(H,17,18)/t13-/m1/s1. The van der Waals surface area contributed by atoms with Crippen LogP contribution in [0.4, 0.5) is 0 Å². The molecule has 0 aliphatic carbocycles. The van der Waals surface area contributed by atoms with Crippen molar-refractivity contribution in [3.05, 3.63) is 29.7 Å². The number of carbonyl (C=O) groups is 1. The Hall–Kier alpha value is -2.18. The maximum atomic E-state index is 12.6. The molecule has 2 aromatic heterocycles. The van der Waals surface area contributed by atoms with E-state index in [-0.39, 0.29) is 17.9 Å². The van der Waals surface area contributed by atoms with Crippen molar-refractivity contribution in [2.45, 2.75) is 57.9 Å². The molecule has 3 heterocycles. The number of carbonyl (C=O) groups excluding carboxylic acids is 1. The number of aromatic nitrogens is 4. The Bertz CT molecular complexity index is 635. The lowest BCUT2D eigenvalue weighted by molar-refractivity contribution is -0.135. The van der Waals surface area contributed by atoms with Crippen molar-refractivity contribution >= 4 is 5.91 Å². The van der Waals surface area contributed by atoms with Gasteiger partial charge >= 0.3 is 0 Å². The first-order chi connectivity index (χ1) is 11.1. The average molecular weight is 317 g/mol. The number of hydrogen-bond donors (Lipinski definition) is 1.